The Kier molecular flexibility index (Phi) is 15.4. The molecular weight excluding hydrogens is 561 g/mol. The minimum absolute atomic E-state index is 0.625. The topological polar surface area (TPSA) is 46.2 Å². The van der Waals surface area contributed by atoms with Crippen LogP contribution >= 0.6 is 0 Å². The van der Waals surface area contributed by atoms with Gasteiger partial charge in [-0.15, -0.1) is 37.0 Å². The van der Waals surface area contributed by atoms with Crippen molar-refractivity contribution in [3.63, 3.8) is 0 Å². The second kappa shape index (κ2) is 15.5. The largest absolute Gasteiger partial charge is 0.469 e. The van der Waals surface area contributed by atoms with E-state index in [2.05, 4.69) is 85.5 Å². The minimum Gasteiger partial charge on any atom is -0.435 e. The number of hydrogen-bond donors (Lipinski definition) is 0. The summed E-state index contributed by atoms with van der Waals surface area (Å²) in [5.41, 5.74) is 0. The molecule has 0 saturated heterocycles. The van der Waals surface area contributed by atoms with Crippen LogP contribution in [0.15, 0.2) is 0 Å². The molecule has 37 heavy (non-hydrogen) atoms. The molecule has 0 saturated carbocycles. The zero-order valence-corrected chi connectivity index (χ0v) is 31.6. The Morgan fingerprint density at radius 1 is 0.432 bits per heavy atom. The van der Waals surface area contributed by atoms with E-state index < -0.39 is 50.9 Å². The maximum Gasteiger partial charge on any atom is 0.469 e. The molecular formula is C26H54O5Si6. The SMILES string of the molecule is C#CC[Si](CC)(CC)O[Si](C)(C)O[Si](C)(O[Si](CC)(CC)CC#C)O[Si](C)(C)O[Si](CC)(CC)CC#C. The molecule has 5 nitrogen and oxygen atoms in total. The van der Waals surface area contributed by atoms with Crippen molar-refractivity contribution in [1.29, 1.82) is 0 Å². The van der Waals surface area contributed by atoms with E-state index in [0.717, 1.165) is 36.3 Å². The van der Waals surface area contributed by atoms with Crippen LogP contribution in [0.25, 0.3) is 0 Å². The predicted octanol–water partition coefficient (Wildman–Crippen LogP) is 7.90. The lowest BCUT2D eigenvalue weighted by Crippen LogP contribution is -2.64. The average molecular weight is 615 g/mol. The summed E-state index contributed by atoms with van der Waals surface area (Å²) in [6, 6.07) is 7.57. The summed E-state index contributed by atoms with van der Waals surface area (Å²) in [6.07, 6.45) is 17.3. The van der Waals surface area contributed by atoms with Gasteiger partial charge in [-0.3, -0.25) is 0 Å². The van der Waals surface area contributed by atoms with E-state index in [9.17, 15) is 0 Å². The first-order chi connectivity index (χ1) is 17.1. The van der Waals surface area contributed by atoms with Gasteiger partial charge >= 0.3 is 25.9 Å². The van der Waals surface area contributed by atoms with Gasteiger partial charge in [-0.2, -0.15) is 0 Å². The maximum atomic E-state index is 7.07. The fourth-order valence-electron chi connectivity index (χ4n) is 5.03. The molecule has 0 heterocycles. The summed E-state index contributed by atoms with van der Waals surface area (Å²) in [5, 5.41) is 0. The first-order valence-corrected chi connectivity index (χ1v) is 29.3. The van der Waals surface area contributed by atoms with Crippen molar-refractivity contribution in [3.8, 4) is 37.0 Å². The second-order valence-electron chi connectivity index (χ2n) is 11.0. The normalized spacial score (nSPS) is 13.6. The first-order valence-electron chi connectivity index (χ1n) is 13.9. The van der Waals surface area contributed by atoms with Gasteiger partial charge in [0.1, 0.15) is 0 Å². The van der Waals surface area contributed by atoms with Crippen molar-refractivity contribution in [2.24, 2.45) is 0 Å². The fraction of sp³-hybridized carbons (Fsp3) is 0.769. The molecule has 0 unspecified atom stereocenters. The molecule has 0 aliphatic heterocycles. The van der Waals surface area contributed by atoms with Crippen LogP contribution in [0.1, 0.15) is 41.5 Å². The van der Waals surface area contributed by atoms with Crippen LogP contribution in [0.4, 0.5) is 0 Å². The summed E-state index contributed by atoms with van der Waals surface area (Å²) in [6.45, 7) is 23.5. The highest BCUT2D eigenvalue weighted by molar-refractivity contribution is 6.93. The molecule has 212 valence electrons. The Morgan fingerprint density at radius 3 is 0.892 bits per heavy atom. The van der Waals surface area contributed by atoms with Gasteiger partial charge in [-0.1, -0.05) is 41.5 Å². The number of terminal acetylenes is 3. The fourth-order valence-corrected chi connectivity index (χ4v) is 34.8. The van der Waals surface area contributed by atoms with Crippen LogP contribution in [0.5, 0.6) is 0 Å². The highest BCUT2D eigenvalue weighted by Gasteiger charge is 2.54. The lowest BCUT2D eigenvalue weighted by molar-refractivity contribution is 0.212. The Labute approximate surface area is 236 Å². The van der Waals surface area contributed by atoms with Gasteiger partial charge in [0.25, 0.3) is 0 Å². The lowest BCUT2D eigenvalue weighted by Gasteiger charge is -2.46. The van der Waals surface area contributed by atoms with Crippen molar-refractivity contribution in [1.82, 2.24) is 0 Å². The molecule has 0 aromatic carbocycles. The van der Waals surface area contributed by atoms with E-state index in [1.807, 2.05) is 6.55 Å². The summed E-state index contributed by atoms with van der Waals surface area (Å²) in [4.78, 5) is 0. The van der Waals surface area contributed by atoms with E-state index in [1.54, 1.807) is 0 Å². The summed E-state index contributed by atoms with van der Waals surface area (Å²) >= 11 is 0. The zero-order valence-electron chi connectivity index (χ0n) is 25.6. The third-order valence-electron chi connectivity index (χ3n) is 7.33. The lowest BCUT2D eigenvalue weighted by atomic mass is 10.8. The summed E-state index contributed by atoms with van der Waals surface area (Å²) in [5.74, 6) is 8.62. The minimum atomic E-state index is -3.25. The van der Waals surface area contributed by atoms with Crippen molar-refractivity contribution in [3.05, 3.63) is 0 Å². The third kappa shape index (κ3) is 11.4. The Balaban J connectivity index is 6.49. The van der Waals surface area contributed by atoms with Gasteiger partial charge in [0.05, 0.1) is 0 Å². The van der Waals surface area contributed by atoms with E-state index >= 15 is 0 Å². The van der Waals surface area contributed by atoms with Gasteiger partial charge in [-0.05, 0) is 62.5 Å². The van der Waals surface area contributed by atoms with E-state index in [-0.39, 0.29) is 0 Å². The predicted molar refractivity (Wildman–Crippen MR) is 173 cm³/mol. The van der Waals surface area contributed by atoms with Gasteiger partial charge in [0, 0.05) is 24.7 Å². The molecule has 0 amide bonds. The van der Waals surface area contributed by atoms with Gasteiger partial charge in [0.2, 0.25) is 0 Å². The van der Waals surface area contributed by atoms with Crippen LogP contribution in [0.2, 0.25) is 87.1 Å². The summed E-state index contributed by atoms with van der Waals surface area (Å²) in [7, 11) is -15.2. The van der Waals surface area contributed by atoms with Gasteiger partial charge in [-0.25, -0.2) is 0 Å². The van der Waals surface area contributed by atoms with Gasteiger partial charge in [0.15, 0.2) is 25.0 Å². The van der Waals surface area contributed by atoms with Crippen LogP contribution < -0.4 is 0 Å². The maximum absolute atomic E-state index is 7.07. The Bertz CT molecular complexity index is 767. The van der Waals surface area contributed by atoms with Crippen LogP contribution in [0.3, 0.4) is 0 Å². The van der Waals surface area contributed by atoms with Crippen LogP contribution in [-0.2, 0) is 20.6 Å². The van der Waals surface area contributed by atoms with Crippen molar-refractivity contribution in [2.75, 3.05) is 0 Å². The number of hydrogen-bond acceptors (Lipinski definition) is 5. The molecule has 0 aliphatic carbocycles. The molecule has 0 fully saturated rings. The molecule has 0 aliphatic rings. The molecule has 0 rings (SSSR count). The van der Waals surface area contributed by atoms with Crippen molar-refractivity contribution >= 4 is 50.9 Å². The highest BCUT2D eigenvalue weighted by atomic mass is 28.5. The standard InChI is InChI=1S/C26H54O5Si6/c1-15-24-35(18-4,19-5)29-32(10,11)27-34(14,31-37(22-8,23-9)26-17-3)28-33(12,13)30-36(20-6,21-7)25-16-2/h1-3H,18-26H2,4-14H3. The smallest absolute Gasteiger partial charge is 0.435 e. The Morgan fingerprint density at radius 2 is 0.676 bits per heavy atom. The average Bonchev–Trinajstić information content (AvgIpc) is 2.81. The molecule has 0 N–H and O–H groups in total. The number of rotatable bonds is 19. The molecule has 0 spiro atoms. The molecule has 0 radical (unpaired) electrons. The van der Waals surface area contributed by atoms with E-state index in [1.165, 1.54) is 0 Å². The quantitative estimate of drug-likeness (QED) is 0.109. The molecule has 0 atom stereocenters. The van der Waals surface area contributed by atoms with Crippen molar-refractivity contribution < 1.29 is 20.6 Å². The van der Waals surface area contributed by atoms with Crippen LogP contribution in [0, 0.1) is 37.0 Å². The third-order valence-corrected chi connectivity index (χ3v) is 35.1. The zero-order chi connectivity index (χ0) is 29.0. The molecule has 0 aromatic heterocycles. The molecule has 11 heteroatoms. The summed E-state index contributed by atoms with van der Waals surface area (Å²) < 4.78 is 34.9. The Hall–Kier alpha value is -0.219. The molecule has 0 bridgehead atoms. The van der Waals surface area contributed by atoms with Gasteiger partial charge < -0.3 is 20.6 Å². The van der Waals surface area contributed by atoms with Crippen LogP contribution in [-0.4, -0.2) is 50.9 Å². The van der Waals surface area contributed by atoms with E-state index in [4.69, 9.17) is 39.8 Å². The first kappa shape index (κ1) is 36.8. The molecule has 0 aromatic rings. The van der Waals surface area contributed by atoms with E-state index in [0.29, 0.717) is 18.1 Å². The van der Waals surface area contributed by atoms with Crippen molar-refractivity contribution in [2.45, 2.75) is 129 Å². The monoisotopic (exact) mass is 614 g/mol. The second-order valence-corrected chi connectivity index (χ2v) is 34.8. The highest BCUT2D eigenvalue weighted by Crippen LogP contribution is 2.35.